The molecule has 0 spiro atoms. The van der Waals surface area contributed by atoms with Crippen LogP contribution >= 0.6 is 0 Å². The van der Waals surface area contributed by atoms with E-state index in [0.29, 0.717) is 10.9 Å². The number of hydrogen-bond donors (Lipinski definition) is 1. The molecule has 0 saturated heterocycles. The summed E-state index contributed by atoms with van der Waals surface area (Å²) in [6.07, 6.45) is -6.88. The van der Waals surface area contributed by atoms with Gasteiger partial charge in [-0.25, -0.2) is 0 Å². The number of nitrogens with zero attached hydrogens (tertiary/aromatic N) is 3. The fourth-order valence-electron chi connectivity index (χ4n) is 2.79. The van der Waals surface area contributed by atoms with Gasteiger partial charge in [-0.3, -0.25) is 14.5 Å². The van der Waals surface area contributed by atoms with Crippen LogP contribution in [0.25, 0.3) is 10.9 Å². The van der Waals surface area contributed by atoms with Crippen LogP contribution in [0.3, 0.4) is 0 Å². The van der Waals surface area contributed by atoms with E-state index in [4.69, 9.17) is 1.37 Å². The number of carbonyl (C=O) groups is 1. The molecule has 0 radical (unpaired) electrons. The maximum Gasteiger partial charge on any atom is 0.416 e. The maximum atomic E-state index is 12.6. The van der Waals surface area contributed by atoms with E-state index in [1.54, 1.807) is 0 Å². The number of aromatic nitrogens is 3. The van der Waals surface area contributed by atoms with E-state index in [1.165, 1.54) is 31.3 Å². The molecule has 0 aliphatic heterocycles. The zero-order valence-electron chi connectivity index (χ0n) is 16.5. The zero-order valence-corrected chi connectivity index (χ0v) is 15.5. The number of halogens is 6. The van der Waals surface area contributed by atoms with Gasteiger partial charge in [0.1, 0.15) is 6.54 Å². The first-order valence-electron chi connectivity index (χ1n) is 9.10. The Balaban J connectivity index is 1.72. The summed E-state index contributed by atoms with van der Waals surface area (Å²) < 4.78 is 84.7. The molecule has 0 bridgehead atoms. The summed E-state index contributed by atoms with van der Waals surface area (Å²) in [6, 6.07) is 3.67. The van der Waals surface area contributed by atoms with Gasteiger partial charge in [-0.1, -0.05) is 12.1 Å². The average molecular weight is 431 g/mol. The van der Waals surface area contributed by atoms with Crippen molar-refractivity contribution in [2.75, 3.05) is 0 Å². The molecule has 30 heavy (non-hydrogen) atoms. The lowest BCUT2D eigenvalue weighted by Crippen LogP contribution is -2.28. The molecule has 0 saturated carbocycles. The summed E-state index contributed by atoms with van der Waals surface area (Å²) >= 11 is 0. The number of carbonyl (C=O) groups excluding carboxylic acids is 1. The van der Waals surface area contributed by atoms with E-state index in [1.807, 2.05) is 0 Å². The van der Waals surface area contributed by atoms with Gasteiger partial charge < -0.3 is 5.32 Å². The third-order valence-corrected chi connectivity index (χ3v) is 4.21. The topological polar surface area (TPSA) is 59.8 Å². The lowest BCUT2D eigenvalue weighted by atomic mass is 10.1. The maximum absolute atomic E-state index is 12.6. The number of pyridine rings is 1. The summed E-state index contributed by atoms with van der Waals surface area (Å²) in [6.45, 7) is 0.0332. The molecule has 0 fully saturated rings. The van der Waals surface area contributed by atoms with Crippen LogP contribution in [-0.2, 0) is 23.9 Å². The highest BCUT2D eigenvalue weighted by Crippen LogP contribution is 2.29. The number of alkyl halides is 6. The van der Waals surface area contributed by atoms with E-state index in [0.717, 1.165) is 23.0 Å². The van der Waals surface area contributed by atoms with Gasteiger partial charge in [-0.05, 0) is 30.7 Å². The highest BCUT2D eigenvalue weighted by molar-refractivity contribution is 5.80. The summed E-state index contributed by atoms with van der Waals surface area (Å²) in [7, 11) is 0. The van der Waals surface area contributed by atoms with Gasteiger partial charge in [-0.15, -0.1) is 0 Å². The Hall–Kier alpha value is -3.11. The predicted molar refractivity (Wildman–Crippen MR) is 95.3 cm³/mol. The van der Waals surface area contributed by atoms with Crippen LogP contribution in [0.5, 0.6) is 0 Å². The molecule has 160 valence electrons. The Morgan fingerprint density at radius 3 is 2.43 bits per heavy atom. The molecular weight excluding hydrogens is 414 g/mol. The van der Waals surface area contributed by atoms with Crippen molar-refractivity contribution >= 4 is 16.8 Å². The molecule has 5 nitrogen and oxygen atoms in total. The molecule has 3 rings (SSSR count). The van der Waals surface area contributed by atoms with Gasteiger partial charge >= 0.3 is 12.4 Å². The smallest absolute Gasteiger partial charge is 0.348 e. The number of nitrogens with one attached hydrogen (secondary N) is 1. The first-order chi connectivity index (χ1) is 14.2. The molecule has 0 unspecified atom stereocenters. The van der Waals surface area contributed by atoms with Crippen molar-refractivity contribution < 1.29 is 32.5 Å². The summed E-state index contributed by atoms with van der Waals surface area (Å²) in [5.74, 6) is -0.632. The van der Waals surface area contributed by atoms with E-state index < -0.39 is 36.4 Å². The Kier molecular flexibility index (Phi) is 5.35. The number of fused-ring (bicyclic) bond motifs is 1. The highest BCUT2D eigenvalue weighted by Gasteiger charge is 2.30. The van der Waals surface area contributed by atoms with Crippen molar-refractivity contribution in [3.63, 3.8) is 0 Å². The Morgan fingerprint density at radius 1 is 1.17 bits per heavy atom. The van der Waals surface area contributed by atoms with E-state index >= 15 is 0 Å². The molecule has 1 atom stereocenters. The van der Waals surface area contributed by atoms with Crippen molar-refractivity contribution in [1.29, 1.82) is 0 Å². The molecule has 1 N–H and O–H groups in total. The van der Waals surface area contributed by atoms with E-state index in [9.17, 15) is 31.1 Å². The minimum Gasteiger partial charge on any atom is -0.348 e. The molecule has 0 aliphatic carbocycles. The highest BCUT2D eigenvalue weighted by atomic mass is 19.4. The molecule has 1 aromatic carbocycles. The molecule has 3 aromatic rings. The normalized spacial score (nSPS) is 15.0. The van der Waals surface area contributed by atoms with Crippen LogP contribution < -0.4 is 5.32 Å². The molecule has 2 aromatic heterocycles. The summed E-state index contributed by atoms with van der Waals surface area (Å²) in [5.41, 5.74) is -0.344. The Labute approximate surface area is 168 Å². The molecule has 2 heterocycles. The lowest BCUT2D eigenvalue weighted by Gasteiger charge is -2.14. The van der Waals surface area contributed by atoms with Crippen molar-refractivity contribution in [3.8, 4) is 0 Å². The molecule has 0 aliphatic rings. The third-order valence-electron chi connectivity index (χ3n) is 4.21. The standard InChI is InChI=1S/C19H16F6N4O/c1-11(28-17(30)6-12-2-4-14(5-3-12)19(23,24)25)15-7-13-8-27-29(10-18(20,21)22)16(13)9-26-15/h2-5,7-9,11H,6,10H2,1H3,(H,28,30)/t11-/m1/s1/i11D. The van der Waals surface area contributed by atoms with E-state index in [2.05, 4.69) is 15.4 Å². The number of hydrogen-bond acceptors (Lipinski definition) is 3. The zero-order chi connectivity index (χ0) is 23.0. The van der Waals surface area contributed by atoms with Gasteiger partial charge in [0.25, 0.3) is 0 Å². The van der Waals surface area contributed by atoms with Crippen molar-refractivity contribution in [2.45, 2.75) is 38.3 Å². The Bertz CT molecular complexity index is 1090. The SMILES string of the molecule is [2H][C@](C)(NC(=O)Cc1ccc(C(F)(F)F)cc1)c1cc2cnn(CC(F)(F)F)c2cn1. The van der Waals surface area contributed by atoms with Crippen LogP contribution in [0.2, 0.25) is 0 Å². The number of amides is 1. The summed E-state index contributed by atoms with van der Waals surface area (Å²) in [4.78, 5) is 16.3. The monoisotopic (exact) mass is 431 g/mol. The quantitative estimate of drug-likeness (QED) is 0.608. The van der Waals surface area contributed by atoms with Gasteiger partial charge in [0, 0.05) is 5.39 Å². The number of benzene rings is 1. The van der Waals surface area contributed by atoms with Crippen LogP contribution in [0.4, 0.5) is 26.3 Å². The first-order valence-corrected chi connectivity index (χ1v) is 8.60. The second-order valence-electron chi connectivity index (χ2n) is 6.59. The predicted octanol–water partition coefficient (Wildman–Crippen LogP) is 4.43. The van der Waals surface area contributed by atoms with Crippen LogP contribution in [0, 0.1) is 0 Å². The average Bonchev–Trinajstić information content (AvgIpc) is 3.01. The minimum absolute atomic E-state index is 0.0623. The van der Waals surface area contributed by atoms with Gasteiger partial charge in [0.05, 0.1) is 43.0 Å². The van der Waals surface area contributed by atoms with Crippen molar-refractivity contribution in [2.24, 2.45) is 0 Å². The second kappa shape index (κ2) is 7.96. The third kappa shape index (κ3) is 5.28. The fourth-order valence-corrected chi connectivity index (χ4v) is 2.79. The lowest BCUT2D eigenvalue weighted by molar-refractivity contribution is -0.142. The minimum atomic E-state index is -4.49. The van der Waals surface area contributed by atoms with Crippen molar-refractivity contribution in [1.82, 2.24) is 20.1 Å². The molecule has 11 heteroatoms. The Morgan fingerprint density at radius 2 is 1.83 bits per heavy atom. The van der Waals surface area contributed by atoms with Crippen LogP contribution in [-0.4, -0.2) is 26.8 Å². The van der Waals surface area contributed by atoms with Gasteiger partial charge in [0.15, 0.2) is 0 Å². The number of rotatable bonds is 5. The van der Waals surface area contributed by atoms with E-state index in [-0.39, 0.29) is 17.6 Å². The molecule has 1 amide bonds. The second-order valence-corrected chi connectivity index (χ2v) is 6.59. The van der Waals surface area contributed by atoms with Crippen molar-refractivity contribution in [3.05, 3.63) is 59.5 Å². The van der Waals surface area contributed by atoms with Crippen LogP contribution in [0.15, 0.2) is 42.7 Å². The molecular formula is C19H16F6N4O. The van der Waals surface area contributed by atoms with Gasteiger partial charge in [-0.2, -0.15) is 31.4 Å². The van der Waals surface area contributed by atoms with Crippen LogP contribution in [0.1, 0.15) is 31.1 Å². The summed E-state index contributed by atoms with van der Waals surface area (Å²) in [5, 5.41) is 6.39. The fraction of sp³-hybridized carbons (Fsp3) is 0.316. The largest absolute Gasteiger partial charge is 0.416 e. The first kappa shape index (κ1) is 20.2. The van der Waals surface area contributed by atoms with Gasteiger partial charge in [0.2, 0.25) is 5.91 Å².